The maximum absolute atomic E-state index is 12.9. The predicted octanol–water partition coefficient (Wildman–Crippen LogP) is 5.48. The Bertz CT molecular complexity index is 1140. The fourth-order valence-electron chi connectivity index (χ4n) is 2.69. The lowest BCUT2D eigenvalue weighted by Gasteiger charge is -2.10. The van der Waals surface area contributed by atoms with Crippen LogP contribution in [0.25, 0.3) is 22.0 Å². The van der Waals surface area contributed by atoms with E-state index in [-0.39, 0.29) is 16.8 Å². The minimum Gasteiger partial charge on any atom is -0.320 e. The summed E-state index contributed by atoms with van der Waals surface area (Å²) in [7, 11) is 0. The monoisotopic (exact) mass is 406 g/mol. The van der Waals surface area contributed by atoms with Crippen molar-refractivity contribution in [3.63, 3.8) is 0 Å². The molecule has 0 bridgehead atoms. The molecule has 0 fully saturated rings. The van der Waals surface area contributed by atoms with Crippen LogP contribution < -0.4 is 5.32 Å². The van der Waals surface area contributed by atoms with Gasteiger partial charge in [-0.1, -0.05) is 54.1 Å². The average Bonchev–Trinajstić information content (AvgIpc) is 3.15. The topological polar surface area (TPSA) is 67.8 Å². The lowest BCUT2D eigenvalue weighted by Crippen LogP contribution is -2.15. The molecule has 0 aliphatic heterocycles. The molecule has 28 heavy (non-hydrogen) atoms. The SMILES string of the molecule is Cc1cnc(-c2ccccc2NC(=O)c2cc(Cl)nc(-c3ccccc3)n2)s1. The number of carbonyl (C=O) groups is 1. The molecule has 7 heteroatoms. The predicted molar refractivity (Wildman–Crippen MR) is 113 cm³/mol. The molecule has 0 radical (unpaired) electrons. The zero-order valence-corrected chi connectivity index (χ0v) is 16.5. The number of benzene rings is 2. The molecule has 0 saturated carbocycles. The van der Waals surface area contributed by atoms with Crippen molar-refractivity contribution in [1.82, 2.24) is 15.0 Å². The average molecular weight is 407 g/mol. The number of hydrogen-bond donors (Lipinski definition) is 1. The molecule has 2 aromatic heterocycles. The molecular weight excluding hydrogens is 392 g/mol. The van der Waals surface area contributed by atoms with Crippen LogP contribution in [0.5, 0.6) is 0 Å². The van der Waals surface area contributed by atoms with Gasteiger partial charge in [-0.2, -0.15) is 0 Å². The number of carbonyl (C=O) groups excluding carboxylic acids is 1. The first-order chi connectivity index (χ1) is 13.6. The molecule has 0 unspecified atom stereocenters. The van der Waals surface area contributed by atoms with Gasteiger partial charge in [0.2, 0.25) is 0 Å². The van der Waals surface area contributed by atoms with Gasteiger partial charge in [0.15, 0.2) is 5.82 Å². The standard InChI is InChI=1S/C21H15ClN4OS/c1-13-12-23-21(28-13)15-9-5-6-10-16(15)25-20(27)17-11-18(22)26-19(24-17)14-7-3-2-4-8-14/h2-12H,1H3,(H,25,27). The van der Waals surface area contributed by atoms with E-state index in [2.05, 4.69) is 20.3 Å². The largest absolute Gasteiger partial charge is 0.320 e. The number of amides is 1. The van der Waals surface area contributed by atoms with E-state index < -0.39 is 0 Å². The van der Waals surface area contributed by atoms with Gasteiger partial charge in [0.1, 0.15) is 15.9 Å². The molecule has 0 aliphatic carbocycles. The molecule has 5 nitrogen and oxygen atoms in total. The lowest BCUT2D eigenvalue weighted by molar-refractivity contribution is 0.102. The second-order valence-electron chi connectivity index (χ2n) is 6.04. The maximum atomic E-state index is 12.9. The third-order valence-corrected chi connectivity index (χ3v) is 5.13. The molecule has 4 aromatic rings. The zero-order valence-electron chi connectivity index (χ0n) is 14.9. The van der Waals surface area contributed by atoms with E-state index >= 15 is 0 Å². The van der Waals surface area contributed by atoms with Crippen molar-refractivity contribution in [2.45, 2.75) is 6.92 Å². The number of nitrogens with one attached hydrogen (secondary N) is 1. The van der Waals surface area contributed by atoms with Gasteiger partial charge in [-0.25, -0.2) is 15.0 Å². The van der Waals surface area contributed by atoms with Gasteiger partial charge in [-0.05, 0) is 19.1 Å². The van der Waals surface area contributed by atoms with Gasteiger partial charge in [0.25, 0.3) is 5.91 Å². The normalized spacial score (nSPS) is 10.6. The van der Waals surface area contributed by atoms with Crippen LogP contribution in [-0.2, 0) is 0 Å². The minimum absolute atomic E-state index is 0.198. The first-order valence-corrected chi connectivity index (χ1v) is 9.73. The summed E-state index contributed by atoms with van der Waals surface area (Å²) in [5.41, 5.74) is 2.51. The van der Waals surface area contributed by atoms with Crippen molar-refractivity contribution >= 4 is 34.5 Å². The Kier molecular flexibility index (Phi) is 5.14. The molecule has 2 heterocycles. The van der Waals surface area contributed by atoms with E-state index in [9.17, 15) is 4.79 Å². The Balaban J connectivity index is 1.66. The highest BCUT2D eigenvalue weighted by Gasteiger charge is 2.15. The summed E-state index contributed by atoms with van der Waals surface area (Å²) >= 11 is 7.71. The van der Waals surface area contributed by atoms with Crippen LogP contribution in [-0.4, -0.2) is 20.9 Å². The van der Waals surface area contributed by atoms with Crippen molar-refractivity contribution in [2.75, 3.05) is 5.32 Å². The zero-order chi connectivity index (χ0) is 19.5. The van der Waals surface area contributed by atoms with Crippen LogP contribution in [0, 0.1) is 6.92 Å². The van der Waals surface area contributed by atoms with Crippen LogP contribution in [0.4, 0.5) is 5.69 Å². The van der Waals surface area contributed by atoms with Gasteiger partial charge in [-0.3, -0.25) is 4.79 Å². The van der Waals surface area contributed by atoms with Gasteiger partial charge >= 0.3 is 0 Å². The van der Waals surface area contributed by atoms with Crippen molar-refractivity contribution < 1.29 is 4.79 Å². The Labute approximate surface area is 171 Å². The Morgan fingerprint density at radius 2 is 1.79 bits per heavy atom. The van der Waals surface area contributed by atoms with Crippen molar-refractivity contribution in [3.05, 3.63) is 82.6 Å². The number of aromatic nitrogens is 3. The number of thiazole rings is 1. The number of aryl methyl sites for hydroxylation is 1. The summed E-state index contributed by atoms with van der Waals surface area (Å²) in [6, 6.07) is 18.4. The van der Waals surface area contributed by atoms with E-state index in [1.165, 1.54) is 6.07 Å². The summed E-state index contributed by atoms with van der Waals surface area (Å²) in [5.74, 6) is 0.0456. The maximum Gasteiger partial charge on any atom is 0.274 e. The van der Waals surface area contributed by atoms with E-state index in [1.807, 2.05) is 67.7 Å². The molecule has 0 spiro atoms. The van der Waals surface area contributed by atoms with E-state index in [0.717, 1.165) is 21.0 Å². The Morgan fingerprint density at radius 3 is 2.54 bits per heavy atom. The van der Waals surface area contributed by atoms with Gasteiger partial charge in [-0.15, -0.1) is 11.3 Å². The minimum atomic E-state index is -0.359. The van der Waals surface area contributed by atoms with Crippen LogP contribution in [0.2, 0.25) is 5.15 Å². The summed E-state index contributed by atoms with van der Waals surface area (Å²) in [6.07, 6.45) is 1.81. The molecule has 0 atom stereocenters. The molecule has 0 saturated heterocycles. The highest BCUT2D eigenvalue weighted by atomic mass is 35.5. The fraction of sp³-hybridized carbons (Fsp3) is 0.0476. The summed E-state index contributed by atoms with van der Waals surface area (Å²) in [4.78, 5) is 27.0. The second kappa shape index (κ2) is 7.88. The van der Waals surface area contributed by atoms with Crippen molar-refractivity contribution in [1.29, 1.82) is 0 Å². The molecule has 2 aromatic carbocycles. The summed E-state index contributed by atoms with van der Waals surface area (Å²) in [6.45, 7) is 2.00. The Morgan fingerprint density at radius 1 is 1.04 bits per heavy atom. The number of rotatable bonds is 4. The third kappa shape index (κ3) is 3.93. The van der Waals surface area contributed by atoms with Crippen LogP contribution in [0.1, 0.15) is 15.4 Å². The van der Waals surface area contributed by atoms with Crippen LogP contribution >= 0.6 is 22.9 Å². The van der Waals surface area contributed by atoms with E-state index in [4.69, 9.17) is 11.6 Å². The highest BCUT2D eigenvalue weighted by molar-refractivity contribution is 7.15. The number of halogens is 1. The Hall–Kier alpha value is -3.09. The summed E-state index contributed by atoms with van der Waals surface area (Å²) in [5, 5.41) is 3.98. The molecule has 0 aliphatic rings. The number of anilines is 1. The van der Waals surface area contributed by atoms with Gasteiger partial charge in [0.05, 0.1) is 5.69 Å². The number of hydrogen-bond acceptors (Lipinski definition) is 5. The van der Waals surface area contributed by atoms with Crippen LogP contribution in [0.3, 0.4) is 0 Å². The fourth-order valence-corrected chi connectivity index (χ4v) is 3.68. The van der Waals surface area contributed by atoms with E-state index in [1.54, 1.807) is 11.3 Å². The van der Waals surface area contributed by atoms with Gasteiger partial charge < -0.3 is 5.32 Å². The first kappa shape index (κ1) is 18.3. The lowest BCUT2D eigenvalue weighted by atomic mass is 10.2. The van der Waals surface area contributed by atoms with Gasteiger partial charge in [0, 0.05) is 28.3 Å². The van der Waals surface area contributed by atoms with Crippen molar-refractivity contribution in [2.24, 2.45) is 0 Å². The first-order valence-electron chi connectivity index (χ1n) is 8.53. The quantitative estimate of drug-likeness (QED) is 0.455. The second-order valence-corrected chi connectivity index (χ2v) is 7.66. The molecule has 1 amide bonds. The molecule has 1 N–H and O–H groups in total. The number of nitrogens with zero attached hydrogens (tertiary/aromatic N) is 3. The molecule has 138 valence electrons. The highest BCUT2D eigenvalue weighted by Crippen LogP contribution is 2.31. The number of para-hydroxylation sites is 1. The molecular formula is C21H15ClN4OS. The third-order valence-electron chi connectivity index (χ3n) is 3.99. The van der Waals surface area contributed by atoms with E-state index in [0.29, 0.717) is 11.5 Å². The molecule has 4 rings (SSSR count). The summed E-state index contributed by atoms with van der Waals surface area (Å²) < 4.78 is 0. The smallest absolute Gasteiger partial charge is 0.274 e. The van der Waals surface area contributed by atoms with Crippen molar-refractivity contribution in [3.8, 4) is 22.0 Å². The van der Waals surface area contributed by atoms with Crippen LogP contribution in [0.15, 0.2) is 66.9 Å².